The highest BCUT2D eigenvalue weighted by Gasteiger charge is 2.24. The fourth-order valence-corrected chi connectivity index (χ4v) is 4.11. The molecule has 2 fully saturated rings. The van der Waals surface area contributed by atoms with Crippen LogP contribution in [0.15, 0.2) is 23.2 Å². The van der Waals surface area contributed by atoms with Gasteiger partial charge in [-0.15, -0.1) is 24.0 Å². The number of carbonyl (C=O) groups excluding carboxylic acids is 1. The molecule has 168 valence electrons. The van der Waals surface area contributed by atoms with Gasteiger partial charge in [0.05, 0.1) is 13.7 Å². The molecule has 0 atom stereocenters. The Bertz CT molecular complexity index is 713. The normalized spacial score (nSPS) is 18.0. The van der Waals surface area contributed by atoms with Crippen LogP contribution in [0.4, 0.5) is 0 Å². The third kappa shape index (κ3) is 7.01. The second kappa shape index (κ2) is 12.3. The molecule has 7 nitrogen and oxygen atoms in total. The van der Waals surface area contributed by atoms with Gasteiger partial charge in [-0.2, -0.15) is 0 Å². The smallest absolute Gasteiger partial charge is 0.236 e. The van der Waals surface area contributed by atoms with Gasteiger partial charge in [0, 0.05) is 52.9 Å². The zero-order valence-corrected chi connectivity index (χ0v) is 20.9. The van der Waals surface area contributed by atoms with Gasteiger partial charge in [0.15, 0.2) is 5.96 Å². The number of methoxy groups -OCH3 is 1. The van der Waals surface area contributed by atoms with Gasteiger partial charge in [0.25, 0.3) is 0 Å². The van der Waals surface area contributed by atoms with Crippen molar-refractivity contribution in [2.45, 2.75) is 32.7 Å². The third-order valence-electron chi connectivity index (χ3n) is 5.75. The Hall–Kier alpha value is -1.55. The van der Waals surface area contributed by atoms with Gasteiger partial charge >= 0.3 is 0 Å². The van der Waals surface area contributed by atoms with Crippen LogP contribution in [0.25, 0.3) is 0 Å². The molecule has 30 heavy (non-hydrogen) atoms. The van der Waals surface area contributed by atoms with E-state index >= 15 is 0 Å². The van der Waals surface area contributed by atoms with Crippen LogP contribution >= 0.6 is 24.0 Å². The molecular weight excluding hydrogens is 493 g/mol. The highest BCUT2D eigenvalue weighted by Crippen LogP contribution is 2.16. The number of rotatable bonds is 5. The second-order valence-corrected chi connectivity index (χ2v) is 7.96. The number of hydrogen-bond acceptors (Lipinski definition) is 4. The number of halogens is 1. The van der Waals surface area contributed by atoms with E-state index in [1.807, 2.05) is 18.0 Å². The van der Waals surface area contributed by atoms with Crippen LogP contribution in [-0.4, -0.2) is 86.5 Å². The highest BCUT2D eigenvalue weighted by molar-refractivity contribution is 14.0. The molecule has 0 saturated carbocycles. The average Bonchev–Trinajstić information content (AvgIpc) is 2.75. The van der Waals surface area contributed by atoms with Gasteiger partial charge in [-0.25, -0.2) is 0 Å². The lowest BCUT2D eigenvalue weighted by Gasteiger charge is -2.37. The molecule has 0 aromatic heterocycles. The van der Waals surface area contributed by atoms with E-state index in [4.69, 9.17) is 4.74 Å². The molecule has 2 aliphatic rings. The largest absolute Gasteiger partial charge is 0.497 e. The number of nitrogens with zero attached hydrogens (tertiary/aromatic N) is 4. The van der Waals surface area contributed by atoms with Gasteiger partial charge in [0.2, 0.25) is 5.91 Å². The van der Waals surface area contributed by atoms with Crippen LogP contribution in [-0.2, 0) is 11.3 Å². The van der Waals surface area contributed by atoms with Crippen molar-refractivity contribution >= 4 is 35.8 Å². The lowest BCUT2D eigenvalue weighted by molar-refractivity contribution is -0.133. The molecule has 3 rings (SSSR count). The topological polar surface area (TPSA) is 60.4 Å². The highest BCUT2D eigenvalue weighted by atomic mass is 127. The van der Waals surface area contributed by atoms with Crippen molar-refractivity contribution < 1.29 is 9.53 Å². The molecule has 0 aliphatic carbocycles. The van der Waals surface area contributed by atoms with Crippen LogP contribution in [0.1, 0.15) is 30.4 Å². The summed E-state index contributed by atoms with van der Waals surface area (Å²) in [5.74, 6) is 2.07. The van der Waals surface area contributed by atoms with E-state index in [1.54, 1.807) is 7.11 Å². The summed E-state index contributed by atoms with van der Waals surface area (Å²) in [6.45, 7) is 8.72. The maximum absolute atomic E-state index is 12.5. The molecule has 1 aromatic rings. The van der Waals surface area contributed by atoms with E-state index in [9.17, 15) is 4.79 Å². The minimum atomic E-state index is 0. The van der Waals surface area contributed by atoms with Crippen molar-refractivity contribution in [1.82, 2.24) is 20.0 Å². The van der Waals surface area contributed by atoms with Crippen LogP contribution in [0.3, 0.4) is 0 Å². The summed E-state index contributed by atoms with van der Waals surface area (Å²) in [5, 5.41) is 3.47. The molecule has 1 amide bonds. The van der Waals surface area contributed by atoms with Gasteiger partial charge in [-0.1, -0.05) is 6.07 Å². The first-order valence-corrected chi connectivity index (χ1v) is 10.7. The van der Waals surface area contributed by atoms with Crippen molar-refractivity contribution in [3.05, 3.63) is 29.3 Å². The number of amides is 1. The number of likely N-dealkylation sites (tertiary alicyclic amines) is 1. The zero-order valence-electron chi connectivity index (χ0n) is 18.5. The van der Waals surface area contributed by atoms with Crippen molar-refractivity contribution in [2.24, 2.45) is 4.99 Å². The summed E-state index contributed by atoms with van der Waals surface area (Å²) in [5.41, 5.74) is 2.36. The summed E-state index contributed by atoms with van der Waals surface area (Å²) in [4.78, 5) is 23.5. The standard InChI is InChI=1S/C22H35N5O2.HI/c1-18-13-19(15-20(14-18)29-3)16-24-22(23-2)27-11-9-25(10-12-27)17-21(28)26-7-5-4-6-8-26;/h13-15H,4-12,16-17H2,1-3H3,(H,23,24);1H. The number of piperidine rings is 1. The number of piperazine rings is 1. The lowest BCUT2D eigenvalue weighted by Crippen LogP contribution is -2.54. The lowest BCUT2D eigenvalue weighted by atomic mass is 10.1. The van der Waals surface area contributed by atoms with E-state index in [0.29, 0.717) is 13.1 Å². The maximum Gasteiger partial charge on any atom is 0.236 e. The molecule has 8 heteroatoms. The van der Waals surface area contributed by atoms with Gasteiger partial charge in [0.1, 0.15) is 5.75 Å². The number of nitrogens with one attached hydrogen (secondary N) is 1. The van der Waals surface area contributed by atoms with Crippen molar-refractivity contribution in [3.8, 4) is 5.75 Å². The summed E-state index contributed by atoms with van der Waals surface area (Å²) in [7, 11) is 3.52. The number of aryl methyl sites for hydroxylation is 1. The van der Waals surface area contributed by atoms with Crippen LogP contribution in [0.2, 0.25) is 0 Å². The fraction of sp³-hybridized carbons (Fsp3) is 0.636. The molecule has 2 saturated heterocycles. The van der Waals surface area contributed by atoms with E-state index < -0.39 is 0 Å². The monoisotopic (exact) mass is 529 g/mol. The summed E-state index contributed by atoms with van der Waals surface area (Å²) in [6, 6.07) is 6.24. The van der Waals surface area contributed by atoms with E-state index in [1.165, 1.54) is 17.5 Å². The Balaban J connectivity index is 0.00000320. The Labute approximate surface area is 197 Å². The molecule has 0 spiro atoms. The predicted molar refractivity (Wildman–Crippen MR) is 132 cm³/mol. The first kappa shape index (κ1) is 24.7. The Kier molecular flexibility index (Phi) is 10.2. The number of carbonyl (C=O) groups is 1. The Morgan fingerprint density at radius 2 is 1.73 bits per heavy atom. The predicted octanol–water partition coefficient (Wildman–Crippen LogP) is 2.33. The molecular formula is C22H36IN5O2. The number of ether oxygens (including phenoxy) is 1. The minimum Gasteiger partial charge on any atom is -0.497 e. The summed E-state index contributed by atoms with van der Waals surface area (Å²) >= 11 is 0. The van der Waals surface area contributed by atoms with Gasteiger partial charge in [-0.05, 0) is 49.4 Å². The number of guanidine groups is 1. The number of aliphatic imine (C=N–C) groups is 1. The molecule has 0 unspecified atom stereocenters. The minimum absolute atomic E-state index is 0. The first-order chi connectivity index (χ1) is 14.1. The molecule has 1 N–H and O–H groups in total. The number of benzene rings is 1. The fourth-order valence-electron chi connectivity index (χ4n) is 4.11. The quantitative estimate of drug-likeness (QED) is 0.361. The van der Waals surface area contributed by atoms with Crippen LogP contribution < -0.4 is 10.1 Å². The van der Waals surface area contributed by atoms with E-state index in [2.05, 4.69) is 39.2 Å². The van der Waals surface area contributed by atoms with Crippen molar-refractivity contribution in [1.29, 1.82) is 0 Å². The third-order valence-corrected chi connectivity index (χ3v) is 5.75. The van der Waals surface area contributed by atoms with Crippen molar-refractivity contribution in [2.75, 3.05) is 60.0 Å². The summed E-state index contributed by atoms with van der Waals surface area (Å²) < 4.78 is 5.37. The van der Waals surface area contributed by atoms with Crippen LogP contribution in [0, 0.1) is 6.92 Å². The van der Waals surface area contributed by atoms with Crippen molar-refractivity contribution in [3.63, 3.8) is 0 Å². The van der Waals surface area contributed by atoms with Crippen LogP contribution in [0.5, 0.6) is 5.75 Å². The second-order valence-electron chi connectivity index (χ2n) is 7.96. The van der Waals surface area contributed by atoms with Gasteiger partial charge < -0.3 is 19.9 Å². The van der Waals surface area contributed by atoms with E-state index in [-0.39, 0.29) is 29.9 Å². The SMILES string of the molecule is CN=C(NCc1cc(C)cc(OC)c1)N1CCN(CC(=O)N2CCCCC2)CC1.I. The Morgan fingerprint density at radius 3 is 2.37 bits per heavy atom. The molecule has 0 radical (unpaired) electrons. The zero-order chi connectivity index (χ0) is 20.6. The molecule has 0 bridgehead atoms. The number of hydrogen-bond donors (Lipinski definition) is 1. The van der Waals surface area contributed by atoms with E-state index in [0.717, 1.165) is 63.8 Å². The first-order valence-electron chi connectivity index (χ1n) is 10.7. The maximum atomic E-state index is 12.5. The molecule has 2 heterocycles. The Morgan fingerprint density at radius 1 is 1.03 bits per heavy atom. The summed E-state index contributed by atoms with van der Waals surface area (Å²) in [6.07, 6.45) is 3.55. The molecule has 2 aliphatic heterocycles. The average molecular weight is 529 g/mol. The molecule has 1 aromatic carbocycles. The van der Waals surface area contributed by atoms with Gasteiger partial charge in [-0.3, -0.25) is 14.7 Å².